The summed E-state index contributed by atoms with van der Waals surface area (Å²) in [6.07, 6.45) is 3.32. The lowest BCUT2D eigenvalue weighted by Gasteiger charge is -2.04. The average Bonchev–Trinajstić information content (AvgIpc) is 2.30. The van der Waals surface area contributed by atoms with E-state index in [0.717, 1.165) is 16.6 Å². The fraction of sp³-hybridized carbons (Fsp3) is 0.100. The van der Waals surface area contributed by atoms with Crippen molar-refractivity contribution >= 4 is 16.9 Å². The summed E-state index contributed by atoms with van der Waals surface area (Å²) in [7, 11) is 1.68. The molecule has 0 bridgehead atoms. The zero-order chi connectivity index (χ0) is 10.7. The summed E-state index contributed by atoms with van der Waals surface area (Å²) >= 11 is 0. The van der Waals surface area contributed by atoms with Gasteiger partial charge in [0.05, 0.1) is 11.0 Å². The predicted molar refractivity (Wildman–Crippen MR) is 59.3 cm³/mol. The first-order chi connectivity index (χ1) is 7.35. The van der Waals surface area contributed by atoms with Crippen LogP contribution in [0.1, 0.15) is 5.56 Å². The second-order valence-corrected chi connectivity index (χ2v) is 2.98. The van der Waals surface area contributed by atoms with Gasteiger partial charge >= 0.3 is 0 Å². The molecule has 0 atom stereocenters. The van der Waals surface area contributed by atoms with Crippen molar-refractivity contribution in [1.82, 2.24) is 15.4 Å². The van der Waals surface area contributed by atoms with Crippen LogP contribution in [-0.4, -0.2) is 22.9 Å². The van der Waals surface area contributed by atoms with Crippen LogP contribution in [0.15, 0.2) is 35.6 Å². The lowest BCUT2D eigenvalue weighted by atomic mass is 10.2. The maximum atomic E-state index is 5.34. The summed E-state index contributed by atoms with van der Waals surface area (Å²) in [6, 6.07) is 5.68. The number of fused-ring (bicyclic) bond motifs is 1. The third-order valence-corrected chi connectivity index (χ3v) is 2.10. The van der Waals surface area contributed by atoms with Crippen molar-refractivity contribution in [3.8, 4) is 0 Å². The number of nitrogens with two attached hydrogens (primary N) is 1. The van der Waals surface area contributed by atoms with Crippen LogP contribution >= 0.6 is 0 Å². The molecule has 5 heteroatoms. The van der Waals surface area contributed by atoms with Crippen molar-refractivity contribution < 1.29 is 0 Å². The van der Waals surface area contributed by atoms with Gasteiger partial charge in [-0.3, -0.25) is 15.0 Å². The van der Waals surface area contributed by atoms with E-state index in [0.29, 0.717) is 5.84 Å². The van der Waals surface area contributed by atoms with E-state index < -0.39 is 0 Å². The monoisotopic (exact) mass is 201 g/mol. The van der Waals surface area contributed by atoms with Crippen LogP contribution in [0.3, 0.4) is 0 Å². The average molecular weight is 201 g/mol. The van der Waals surface area contributed by atoms with Crippen molar-refractivity contribution in [3.05, 3.63) is 36.2 Å². The summed E-state index contributed by atoms with van der Waals surface area (Å²) in [5.74, 6) is 5.97. The molecule has 5 nitrogen and oxygen atoms in total. The van der Waals surface area contributed by atoms with Crippen LogP contribution in [0.5, 0.6) is 0 Å². The fourth-order valence-corrected chi connectivity index (χ4v) is 1.39. The zero-order valence-electron chi connectivity index (χ0n) is 8.31. The Labute approximate surface area is 87.0 Å². The van der Waals surface area contributed by atoms with Crippen molar-refractivity contribution in [2.45, 2.75) is 0 Å². The number of aliphatic imine (C=N–C) groups is 1. The van der Waals surface area contributed by atoms with Crippen LogP contribution in [0.25, 0.3) is 11.0 Å². The van der Waals surface area contributed by atoms with Gasteiger partial charge < -0.3 is 5.43 Å². The zero-order valence-corrected chi connectivity index (χ0v) is 8.31. The van der Waals surface area contributed by atoms with Gasteiger partial charge in [0, 0.05) is 25.0 Å². The molecule has 1 heterocycles. The van der Waals surface area contributed by atoms with Crippen molar-refractivity contribution in [1.29, 1.82) is 0 Å². The highest BCUT2D eigenvalue weighted by Gasteiger charge is 2.02. The van der Waals surface area contributed by atoms with E-state index in [4.69, 9.17) is 5.84 Å². The van der Waals surface area contributed by atoms with E-state index >= 15 is 0 Å². The quantitative estimate of drug-likeness (QED) is 0.304. The molecule has 0 amide bonds. The van der Waals surface area contributed by atoms with Gasteiger partial charge in [-0.1, -0.05) is 0 Å². The summed E-state index contributed by atoms with van der Waals surface area (Å²) < 4.78 is 0. The van der Waals surface area contributed by atoms with Gasteiger partial charge in [0.2, 0.25) is 0 Å². The standard InChI is InChI=1S/C10H11N5/c1-12-10(15-11)7-2-3-8-9(6-7)14-5-4-13-8/h2-6H,11H2,1H3,(H,12,15). The Morgan fingerprint density at radius 1 is 1.27 bits per heavy atom. The molecule has 0 aliphatic rings. The number of amidine groups is 1. The molecule has 2 aromatic rings. The number of hydrogen-bond donors (Lipinski definition) is 2. The molecule has 15 heavy (non-hydrogen) atoms. The fourth-order valence-electron chi connectivity index (χ4n) is 1.39. The molecule has 1 aromatic heterocycles. The topological polar surface area (TPSA) is 76.2 Å². The number of nitrogens with one attached hydrogen (secondary N) is 1. The van der Waals surface area contributed by atoms with Gasteiger partial charge in [-0.25, -0.2) is 5.84 Å². The third kappa shape index (κ3) is 1.77. The predicted octanol–water partition coefficient (Wildman–Crippen LogP) is 0.469. The second-order valence-electron chi connectivity index (χ2n) is 2.98. The highest BCUT2D eigenvalue weighted by molar-refractivity contribution is 6.00. The highest BCUT2D eigenvalue weighted by Crippen LogP contribution is 2.10. The maximum absolute atomic E-state index is 5.34. The number of hydrogen-bond acceptors (Lipinski definition) is 4. The van der Waals surface area contributed by atoms with E-state index in [9.17, 15) is 0 Å². The minimum absolute atomic E-state index is 0.627. The summed E-state index contributed by atoms with van der Waals surface area (Å²) in [5, 5.41) is 0. The van der Waals surface area contributed by atoms with Gasteiger partial charge in [-0.05, 0) is 18.2 Å². The molecule has 0 saturated heterocycles. The van der Waals surface area contributed by atoms with Crippen molar-refractivity contribution in [3.63, 3.8) is 0 Å². The van der Waals surface area contributed by atoms with Crippen LogP contribution in [0.2, 0.25) is 0 Å². The van der Waals surface area contributed by atoms with Crippen LogP contribution < -0.4 is 11.3 Å². The SMILES string of the molecule is CN=C(NN)c1ccc2nccnc2c1. The first-order valence-electron chi connectivity index (χ1n) is 4.49. The van der Waals surface area contributed by atoms with Gasteiger partial charge in [0.25, 0.3) is 0 Å². The van der Waals surface area contributed by atoms with E-state index in [1.807, 2.05) is 18.2 Å². The van der Waals surface area contributed by atoms with Crippen LogP contribution in [0.4, 0.5) is 0 Å². The van der Waals surface area contributed by atoms with E-state index in [1.165, 1.54) is 0 Å². The molecular formula is C10H11N5. The number of rotatable bonds is 1. The van der Waals surface area contributed by atoms with E-state index in [1.54, 1.807) is 19.4 Å². The smallest absolute Gasteiger partial charge is 0.142 e. The Balaban J connectivity index is 2.56. The Hall–Kier alpha value is -2.01. The first kappa shape index (κ1) is 9.54. The third-order valence-electron chi connectivity index (χ3n) is 2.10. The van der Waals surface area contributed by atoms with Gasteiger partial charge in [-0.15, -0.1) is 0 Å². The minimum atomic E-state index is 0.627. The number of nitrogens with zero attached hydrogens (tertiary/aromatic N) is 3. The molecule has 0 saturated carbocycles. The molecule has 76 valence electrons. The van der Waals surface area contributed by atoms with E-state index in [2.05, 4.69) is 20.4 Å². The molecule has 0 unspecified atom stereocenters. The number of hydrazine groups is 1. The van der Waals surface area contributed by atoms with Gasteiger partial charge in [-0.2, -0.15) is 0 Å². The molecule has 0 aliphatic heterocycles. The first-order valence-corrected chi connectivity index (χ1v) is 4.49. The molecule has 2 rings (SSSR count). The van der Waals surface area contributed by atoms with Crippen molar-refractivity contribution in [2.24, 2.45) is 10.8 Å². The Morgan fingerprint density at radius 3 is 2.67 bits per heavy atom. The maximum Gasteiger partial charge on any atom is 0.142 e. The number of benzene rings is 1. The van der Waals surface area contributed by atoms with Crippen LogP contribution in [-0.2, 0) is 0 Å². The molecule has 3 N–H and O–H groups in total. The Morgan fingerprint density at radius 2 is 2.00 bits per heavy atom. The summed E-state index contributed by atoms with van der Waals surface area (Å²) in [4.78, 5) is 12.4. The second kappa shape index (κ2) is 4.02. The van der Waals surface area contributed by atoms with E-state index in [-0.39, 0.29) is 0 Å². The lowest BCUT2D eigenvalue weighted by Crippen LogP contribution is -2.30. The Bertz CT molecular complexity index is 506. The lowest BCUT2D eigenvalue weighted by molar-refractivity contribution is 1.02. The van der Waals surface area contributed by atoms with Crippen molar-refractivity contribution in [2.75, 3.05) is 7.05 Å². The normalized spacial score (nSPS) is 11.7. The molecule has 0 radical (unpaired) electrons. The largest absolute Gasteiger partial charge is 0.308 e. The van der Waals surface area contributed by atoms with Gasteiger partial charge in [0.1, 0.15) is 5.84 Å². The molecule has 0 spiro atoms. The summed E-state index contributed by atoms with van der Waals surface area (Å²) in [6.45, 7) is 0. The highest BCUT2D eigenvalue weighted by atomic mass is 15.2. The molecule has 1 aromatic carbocycles. The van der Waals surface area contributed by atoms with Gasteiger partial charge in [0.15, 0.2) is 0 Å². The summed E-state index contributed by atoms with van der Waals surface area (Å²) in [5.41, 5.74) is 5.11. The Kier molecular flexibility index (Phi) is 2.55. The minimum Gasteiger partial charge on any atom is -0.308 e. The van der Waals surface area contributed by atoms with Crippen LogP contribution in [0, 0.1) is 0 Å². The number of aromatic nitrogens is 2. The molecular weight excluding hydrogens is 190 g/mol. The molecule has 0 aliphatic carbocycles. The molecule has 0 fully saturated rings.